The lowest BCUT2D eigenvalue weighted by Crippen LogP contribution is -2.40. The van der Waals surface area contributed by atoms with Gasteiger partial charge in [-0.1, -0.05) is 11.6 Å². The van der Waals surface area contributed by atoms with Gasteiger partial charge in [-0.3, -0.25) is 9.48 Å². The summed E-state index contributed by atoms with van der Waals surface area (Å²) in [4.78, 5) is 11.9. The van der Waals surface area contributed by atoms with Gasteiger partial charge in [0.1, 0.15) is 0 Å². The minimum atomic E-state index is -0.146. The molecule has 1 fully saturated rings. The van der Waals surface area contributed by atoms with Crippen LogP contribution in [0.1, 0.15) is 36.7 Å². The van der Waals surface area contributed by atoms with Crippen LogP contribution in [0.3, 0.4) is 0 Å². The van der Waals surface area contributed by atoms with Gasteiger partial charge in [0.15, 0.2) is 5.69 Å². The van der Waals surface area contributed by atoms with Crippen LogP contribution in [0.15, 0.2) is 6.20 Å². The third-order valence-corrected chi connectivity index (χ3v) is 3.35. The van der Waals surface area contributed by atoms with Crippen molar-refractivity contribution in [1.82, 2.24) is 20.3 Å². The van der Waals surface area contributed by atoms with Gasteiger partial charge in [0, 0.05) is 12.6 Å². The molecule has 1 atom stereocenters. The van der Waals surface area contributed by atoms with Gasteiger partial charge in [0.05, 0.1) is 12.7 Å². The van der Waals surface area contributed by atoms with Crippen molar-refractivity contribution in [1.29, 1.82) is 0 Å². The van der Waals surface area contributed by atoms with Crippen molar-refractivity contribution in [3.05, 3.63) is 11.9 Å². The van der Waals surface area contributed by atoms with Crippen LogP contribution < -0.4 is 11.1 Å². The number of hydrogen-bond acceptors (Lipinski definition) is 4. The smallest absolute Gasteiger partial charge is 0.273 e. The Morgan fingerprint density at radius 2 is 2.47 bits per heavy atom. The quantitative estimate of drug-likeness (QED) is 0.763. The molecule has 0 aromatic carbocycles. The molecule has 1 aromatic heterocycles. The van der Waals surface area contributed by atoms with Crippen LogP contribution in [0.2, 0.25) is 0 Å². The fourth-order valence-corrected chi connectivity index (χ4v) is 1.98. The van der Waals surface area contributed by atoms with Crippen LogP contribution in [0.5, 0.6) is 0 Å². The first-order chi connectivity index (χ1) is 8.20. The monoisotopic (exact) mass is 237 g/mol. The zero-order chi connectivity index (χ0) is 12.3. The summed E-state index contributed by atoms with van der Waals surface area (Å²) >= 11 is 0. The Labute approximate surface area is 101 Å². The lowest BCUT2D eigenvalue weighted by molar-refractivity contribution is 0.0904. The van der Waals surface area contributed by atoms with Crippen molar-refractivity contribution in [3.8, 4) is 0 Å². The molecular weight excluding hydrogens is 218 g/mol. The number of aromatic nitrogens is 3. The van der Waals surface area contributed by atoms with Gasteiger partial charge in [-0.15, -0.1) is 5.10 Å². The van der Waals surface area contributed by atoms with Crippen molar-refractivity contribution >= 4 is 5.91 Å². The Hall–Kier alpha value is -1.43. The molecule has 1 amide bonds. The molecule has 2 rings (SSSR count). The minimum absolute atomic E-state index is 0.146. The highest BCUT2D eigenvalue weighted by atomic mass is 16.2. The molecule has 1 heterocycles. The summed E-state index contributed by atoms with van der Waals surface area (Å²) in [6.07, 6.45) is 5.33. The Morgan fingerprint density at radius 3 is 3.06 bits per heavy atom. The molecule has 0 spiro atoms. The molecule has 1 saturated carbocycles. The lowest BCUT2D eigenvalue weighted by atomic mass is 9.80. The van der Waals surface area contributed by atoms with Crippen LogP contribution in [-0.2, 0) is 6.54 Å². The van der Waals surface area contributed by atoms with Gasteiger partial charge < -0.3 is 11.1 Å². The van der Waals surface area contributed by atoms with E-state index in [0.29, 0.717) is 24.7 Å². The van der Waals surface area contributed by atoms with Gasteiger partial charge in [0.2, 0.25) is 0 Å². The van der Waals surface area contributed by atoms with Crippen molar-refractivity contribution in [2.24, 2.45) is 11.7 Å². The van der Waals surface area contributed by atoms with E-state index in [2.05, 4.69) is 15.6 Å². The highest BCUT2D eigenvalue weighted by Gasteiger charge is 2.25. The van der Waals surface area contributed by atoms with E-state index < -0.39 is 0 Å². The van der Waals surface area contributed by atoms with Crippen molar-refractivity contribution in [2.75, 3.05) is 6.54 Å². The molecule has 1 aliphatic carbocycles. The van der Waals surface area contributed by atoms with E-state index in [0.717, 1.165) is 0 Å². The maximum Gasteiger partial charge on any atom is 0.273 e. The van der Waals surface area contributed by atoms with E-state index in [1.165, 1.54) is 19.3 Å². The average Bonchev–Trinajstić information content (AvgIpc) is 2.64. The largest absolute Gasteiger partial charge is 0.348 e. The first-order valence-electron chi connectivity index (χ1n) is 6.11. The van der Waals surface area contributed by atoms with Crippen molar-refractivity contribution in [3.63, 3.8) is 0 Å². The number of carbonyl (C=O) groups excluding carboxylic acids is 1. The third kappa shape index (κ3) is 2.82. The zero-order valence-electron chi connectivity index (χ0n) is 10.1. The van der Waals surface area contributed by atoms with Gasteiger partial charge >= 0.3 is 0 Å². The molecule has 17 heavy (non-hydrogen) atoms. The maximum absolute atomic E-state index is 11.9. The summed E-state index contributed by atoms with van der Waals surface area (Å²) in [5.41, 5.74) is 5.77. The standard InChI is InChI=1S/C11H19N5O/c1-8(9-3-2-4-9)13-11(17)10-7-16(6-5-12)15-14-10/h7-9H,2-6,12H2,1H3,(H,13,17). The Kier molecular flexibility index (Phi) is 3.73. The molecule has 6 heteroatoms. The summed E-state index contributed by atoms with van der Waals surface area (Å²) in [7, 11) is 0. The molecule has 0 aliphatic heterocycles. The summed E-state index contributed by atoms with van der Waals surface area (Å²) in [5, 5.41) is 10.6. The second kappa shape index (κ2) is 5.27. The first kappa shape index (κ1) is 12.0. The highest BCUT2D eigenvalue weighted by molar-refractivity contribution is 5.92. The number of carbonyl (C=O) groups is 1. The molecule has 1 aliphatic rings. The van der Waals surface area contributed by atoms with Gasteiger partial charge in [-0.25, -0.2) is 0 Å². The molecule has 94 valence electrons. The second-order valence-corrected chi connectivity index (χ2v) is 4.61. The van der Waals surface area contributed by atoms with E-state index in [1.807, 2.05) is 6.92 Å². The van der Waals surface area contributed by atoms with Crippen LogP contribution in [0, 0.1) is 5.92 Å². The zero-order valence-corrected chi connectivity index (χ0v) is 10.1. The molecule has 0 saturated heterocycles. The van der Waals surface area contributed by atoms with E-state index in [1.54, 1.807) is 10.9 Å². The Balaban J connectivity index is 1.89. The van der Waals surface area contributed by atoms with E-state index >= 15 is 0 Å². The number of rotatable bonds is 5. The Morgan fingerprint density at radius 1 is 1.71 bits per heavy atom. The van der Waals surface area contributed by atoms with Crippen LogP contribution in [-0.4, -0.2) is 33.5 Å². The first-order valence-corrected chi connectivity index (χ1v) is 6.11. The number of hydrogen-bond donors (Lipinski definition) is 2. The van der Waals surface area contributed by atoms with Crippen molar-refractivity contribution < 1.29 is 4.79 Å². The number of nitrogens with two attached hydrogens (primary N) is 1. The molecule has 1 aromatic rings. The topological polar surface area (TPSA) is 85.8 Å². The normalized spacial score (nSPS) is 17.5. The predicted octanol–water partition coefficient (Wildman–Crippen LogP) is 0.155. The average molecular weight is 237 g/mol. The maximum atomic E-state index is 11.9. The number of nitrogens with one attached hydrogen (secondary N) is 1. The van der Waals surface area contributed by atoms with Crippen LogP contribution in [0.4, 0.5) is 0 Å². The molecule has 1 unspecified atom stereocenters. The van der Waals surface area contributed by atoms with Crippen LogP contribution >= 0.6 is 0 Å². The minimum Gasteiger partial charge on any atom is -0.348 e. The van der Waals surface area contributed by atoms with E-state index in [4.69, 9.17) is 5.73 Å². The second-order valence-electron chi connectivity index (χ2n) is 4.61. The highest BCUT2D eigenvalue weighted by Crippen LogP contribution is 2.29. The number of nitrogens with zero attached hydrogens (tertiary/aromatic N) is 3. The molecule has 3 N–H and O–H groups in total. The summed E-state index contributed by atoms with van der Waals surface area (Å²) < 4.78 is 1.59. The fraction of sp³-hybridized carbons (Fsp3) is 0.727. The SMILES string of the molecule is CC(NC(=O)c1cn(CCN)nn1)C1CCC1. The summed E-state index contributed by atoms with van der Waals surface area (Å²) in [6, 6.07) is 0.218. The van der Waals surface area contributed by atoms with Crippen molar-refractivity contribution in [2.45, 2.75) is 38.8 Å². The molecule has 6 nitrogen and oxygen atoms in total. The lowest BCUT2D eigenvalue weighted by Gasteiger charge is -2.31. The van der Waals surface area contributed by atoms with E-state index in [9.17, 15) is 4.79 Å². The molecular formula is C11H19N5O. The molecule has 0 radical (unpaired) electrons. The Bertz CT molecular complexity index is 385. The van der Waals surface area contributed by atoms with Crippen LogP contribution in [0.25, 0.3) is 0 Å². The predicted molar refractivity (Wildman–Crippen MR) is 63.3 cm³/mol. The number of amides is 1. The third-order valence-electron chi connectivity index (χ3n) is 3.35. The summed E-state index contributed by atoms with van der Waals surface area (Å²) in [5.74, 6) is 0.478. The van der Waals surface area contributed by atoms with E-state index in [-0.39, 0.29) is 11.9 Å². The van der Waals surface area contributed by atoms with Gasteiger partial charge in [-0.2, -0.15) is 0 Å². The fourth-order valence-electron chi connectivity index (χ4n) is 1.98. The van der Waals surface area contributed by atoms with Gasteiger partial charge in [-0.05, 0) is 25.7 Å². The summed E-state index contributed by atoms with van der Waals surface area (Å²) in [6.45, 7) is 3.12. The van der Waals surface area contributed by atoms with Gasteiger partial charge in [0.25, 0.3) is 5.91 Å². The molecule has 0 bridgehead atoms.